The van der Waals surface area contributed by atoms with Crippen LogP contribution in [0.1, 0.15) is 34.1 Å². The van der Waals surface area contributed by atoms with Gasteiger partial charge in [0.1, 0.15) is 11.5 Å². The van der Waals surface area contributed by atoms with Gasteiger partial charge in [-0.1, -0.05) is 24.3 Å². The number of allylic oxidation sites excluding steroid dienone is 2. The second-order valence-corrected chi connectivity index (χ2v) is 7.41. The number of ketones is 2. The van der Waals surface area contributed by atoms with E-state index in [1.165, 1.54) is 13.2 Å². The van der Waals surface area contributed by atoms with Crippen LogP contribution >= 0.6 is 0 Å². The van der Waals surface area contributed by atoms with Crippen molar-refractivity contribution in [3.8, 4) is 11.5 Å². The lowest BCUT2D eigenvalue weighted by Crippen LogP contribution is -2.49. The largest absolute Gasteiger partial charge is 0.496 e. The molecule has 5 heteroatoms. The van der Waals surface area contributed by atoms with E-state index in [0.29, 0.717) is 5.75 Å². The van der Waals surface area contributed by atoms with Crippen molar-refractivity contribution in [2.24, 2.45) is 11.8 Å². The van der Waals surface area contributed by atoms with Crippen LogP contribution in [0.4, 0.5) is 0 Å². The Bertz CT molecular complexity index is 1050. The number of methoxy groups -OCH3 is 3. The Hall–Kier alpha value is -3.08. The molecule has 0 aliphatic heterocycles. The van der Waals surface area contributed by atoms with Crippen molar-refractivity contribution in [3.05, 3.63) is 70.5 Å². The molecule has 0 radical (unpaired) electrons. The minimum absolute atomic E-state index is 0.0681. The van der Waals surface area contributed by atoms with Crippen LogP contribution in [0.3, 0.4) is 0 Å². The Morgan fingerprint density at radius 2 is 1.25 bits per heavy atom. The summed E-state index contributed by atoms with van der Waals surface area (Å²) in [5.41, 5.74) is 4.07. The zero-order chi connectivity index (χ0) is 19.6. The summed E-state index contributed by atoms with van der Waals surface area (Å²) in [5, 5.41) is 0. The van der Waals surface area contributed by atoms with E-state index < -0.39 is 11.8 Å². The average molecular weight is 376 g/mol. The molecule has 2 aromatic rings. The molecule has 0 spiro atoms. The summed E-state index contributed by atoms with van der Waals surface area (Å²) in [6.07, 6.45) is 1.36. The first-order valence-electron chi connectivity index (χ1n) is 9.29. The van der Waals surface area contributed by atoms with Crippen molar-refractivity contribution in [3.63, 3.8) is 0 Å². The fraction of sp³-hybridized carbons (Fsp3) is 0.304. The monoisotopic (exact) mass is 376 g/mol. The van der Waals surface area contributed by atoms with Gasteiger partial charge < -0.3 is 14.2 Å². The van der Waals surface area contributed by atoms with Crippen LogP contribution < -0.4 is 9.47 Å². The van der Waals surface area contributed by atoms with Crippen LogP contribution in [0.5, 0.6) is 11.5 Å². The molecule has 0 aromatic heterocycles. The highest BCUT2D eigenvalue weighted by Gasteiger charge is 2.58. The van der Waals surface area contributed by atoms with Crippen LogP contribution in [0.25, 0.3) is 0 Å². The Balaban J connectivity index is 1.87. The van der Waals surface area contributed by atoms with E-state index in [0.717, 1.165) is 28.0 Å². The van der Waals surface area contributed by atoms with Gasteiger partial charge >= 0.3 is 0 Å². The third-order valence-corrected chi connectivity index (χ3v) is 6.41. The van der Waals surface area contributed by atoms with E-state index in [9.17, 15) is 9.59 Å². The molecule has 0 N–H and O–H groups in total. The van der Waals surface area contributed by atoms with E-state index in [1.54, 1.807) is 14.2 Å². The van der Waals surface area contributed by atoms with Gasteiger partial charge in [0, 0.05) is 40.9 Å². The molecule has 0 saturated carbocycles. The van der Waals surface area contributed by atoms with Crippen LogP contribution in [-0.4, -0.2) is 32.9 Å². The van der Waals surface area contributed by atoms with Gasteiger partial charge in [0.25, 0.3) is 0 Å². The van der Waals surface area contributed by atoms with Gasteiger partial charge in [0.2, 0.25) is 5.78 Å². The third kappa shape index (κ3) is 1.96. The van der Waals surface area contributed by atoms with Crippen LogP contribution in [0, 0.1) is 11.8 Å². The molecule has 0 amide bonds. The third-order valence-electron chi connectivity index (χ3n) is 6.41. The SMILES string of the molecule is COC1=CC(=O)C2C(C1=O)[C@@H]1c3ccccc3[C@H]2c2c(OC)ccc(OC)c21. The van der Waals surface area contributed by atoms with Crippen molar-refractivity contribution < 1.29 is 23.8 Å². The number of carbonyl (C=O) groups excluding carboxylic acids is 2. The highest BCUT2D eigenvalue weighted by Crippen LogP contribution is 2.63. The maximum absolute atomic E-state index is 13.3. The number of ether oxygens (including phenoxy) is 3. The first kappa shape index (κ1) is 17.0. The van der Waals surface area contributed by atoms with Crippen molar-refractivity contribution in [1.29, 1.82) is 0 Å². The molecule has 6 rings (SSSR count). The van der Waals surface area contributed by atoms with Crippen LogP contribution in [0.15, 0.2) is 48.2 Å². The van der Waals surface area contributed by atoms with E-state index in [1.807, 2.05) is 30.3 Å². The summed E-state index contributed by atoms with van der Waals surface area (Å²) in [6.45, 7) is 0. The smallest absolute Gasteiger partial charge is 0.202 e. The molecule has 4 atom stereocenters. The first-order chi connectivity index (χ1) is 13.6. The van der Waals surface area contributed by atoms with E-state index in [-0.39, 0.29) is 29.2 Å². The van der Waals surface area contributed by atoms with Gasteiger partial charge in [-0.2, -0.15) is 0 Å². The average Bonchev–Trinajstić information content (AvgIpc) is 2.74. The Morgan fingerprint density at radius 3 is 1.75 bits per heavy atom. The van der Waals surface area contributed by atoms with E-state index >= 15 is 0 Å². The molecular formula is C23H20O5. The summed E-state index contributed by atoms with van der Waals surface area (Å²) in [6, 6.07) is 11.8. The lowest BCUT2D eigenvalue weighted by Gasteiger charge is -2.50. The highest BCUT2D eigenvalue weighted by molar-refractivity contribution is 6.11. The lowest BCUT2D eigenvalue weighted by atomic mass is 9.51. The second-order valence-electron chi connectivity index (χ2n) is 7.41. The first-order valence-corrected chi connectivity index (χ1v) is 9.29. The number of rotatable bonds is 3. The molecule has 142 valence electrons. The molecule has 4 aliphatic carbocycles. The number of Topliss-reactive ketones (excluding diaryl/α,β-unsaturated/α-hetero) is 1. The summed E-state index contributed by atoms with van der Waals surface area (Å²) in [7, 11) is 4.69. The summed E-state index contributed by atoms with van der Waals surface area (Å²) in [5.74, 6) is -0.0964. The van der Waals surface area contributed by atoms with E-state index in [2.05, 4.69) is 6.07 Å². The molecule has 2 unspecified atom stereocenters. The minimum atomic E-state index is -0.499. The fourth-order valence-electron chi connectivity index (χ4n) is 5.42. The molecule has 28 heavy (non-hydrogen) atoms. The summed E-state index contributed by atoms with van der Waals surface area (Å²) < 4.78 is 16.6. The van der Waals surface area contributed by atoms with Gasteiger partial charge in [-0.15, -0.1) is 0 Å². The molecule has 2 aromatic carbocycles. The molecule has 5 nitrogen and oxygen atoms in total. The maximum atomic E-state index is 13.3. The summed E-state index contributed by atoms with van der Waals surface area (Å²) in [4.78, 5) is 26.4. The minimum Gasteiger partial charge on any atom is -0.496 e. The topological polar surface area (TPSA) is 61.8 Å². The maximum Gasteiger partial charge on any atom is 0.202 e. The number of hydrogen-bond acceptors (Lipinski definition) is 5. The fourth-order valence-corrected chi connectivity index (χ4v) is 5.42. The Morgan fingerprint density at radius 1 is 0.714 bits per heavy atom. The second kappa shape index (κ2) is 5.96. The quantitative estimate of drug-likeness (QED) is 0.823. The van der Waals surface area contributed by atoms with Crippen molar-refractivity contribution in [2.75, 3.05) is 21.3 Å². The molecule has 0 saturated heterocycles. The Labute approximate surface area is 162 Å². The molecule has 0 heterocycles. The zero-order valence-corrected chi connectivity index (χ0v) is 15.9. The number of hydrogen-bond donors (Lipinski definition) is 0. The van der Waals surface area contributed by atoms with Gasteiger partial charge in [0.05, 0.1) is 21.3 Å². The zero-order valence-electron chi connectivity index (χ0n) is 15.9. The predicted molar refractivity (Wildman–Crippen MR) is 102 cm³/mol. The molecule has 4 aliphatic rings. The highest BCUT2D eigenvalue weighted by atomic mass is 16.5. The van der Waals surface area contributed by atoms with Gasteiger partial charge in [0.15, 0.2) is 11.5 Å². The predicted octanol–water partition coefficient (Wildman–Crippen LogP) is 3.21. The van der Waals surface area contributed by atoms with Gasteiger partial charge in [-0.3, -0.25) is 9.59 Å². The van der Waals surface area contributed by atoms with Crippen molar-refractivity contribution in [2.45, 2.75) is 11.8 Å². The number of carbonyl (C=O) groups is 2. The number of benzene rings is 2. The van der Waals surface area contributed by atoms with Gasteiger partial charge in [-0.25, -0.2) is 0 Å². The van der Waals surface area contributed by atoms with E-state index in [4.69, 9.17) is 14.2 Å². The van der Waals surface area contributed by atoms with Crippen LogP contribution in [0.2, 0.25) is 0 Å². The standard InChI is InChI=1S/C23H20O5/c1-26-14-8-9-15(27-2)21-18-12-7-5-4-6-11(12)17(20(14)21)19-13(24)10-16(28-3)23(25)22(18)19/h4-10,17-19,22H,1-3H3/t17-,18-,19?,22?/m1/s1. The van der Waals surface area contributed by atoms with Gasteiger partial charge in [-0.05, 0) is 23.3 Å². The lowest BCUT2D eigenvalue weighted by molar-refractivity contribution is -0.134. The van der Waals surface area contributed by atoms with Crippen LogP contribution in [-0.2, 0) is 14.3 Å². The van der Waals surface area contributed by atoms with Crippen molar-refractivity contribution >= 4 is 11.6 Å². The van der Waals surface area contributed by atoms with Crippen molar-refractivity contribution in [1.82, 2.24) is 0 Å². The molecular weight excluding hydrogens is 356 g/mol. The molecule has 0 fully saturated rings. The Kier molecular flexibility index (Phi) is 3.63. The normalized spacial score (nSPS) is 26.8. The molecule has 2 bridgehead atoms. The summed E-state index contributed by atoms with van der Waals surface area (Å²) >= 11 is 0.